The molecular weight excluding hydrogens is 420 g/mol. The number of likely N-dealkylation sites (tertiary alicyclic amines) is 1. The summed E-state index contributed by atoms with van der Waals surface area (Å²) in [7, 11) is 0. The zero-order chi connectivity index (χ0) is 23.3. The van der Waals surface area contributed by atoms with Crippen molar-refractivity contribution >= 4 is 11.8 Å². The quantitative estimate of drug-likeness (QED) is 0.639. The second-order valence-electron chi connectivity index (χ2n) is 10.5. The number of amides is 1. The van der Waals surface area contributed by atoms with Crippen molar-refractivity contribution in [3.63, 3.8) is 0 Å². The van der Waals surface area contributed by atoms with Gasteiger partial charge in [-0.15, -0.1) is 0 Å². The van der Waals surface area contributed by atoms with E-state index in [2.05, 4.69) is 5.32 Å². The fourth-order valence-corrected chi connectivity index (χ4v) is 5.05. The van der Waals surface area contributed by atoms with E-state index in [4.69, 9.17) is 4.74 Å². The standard InChI is InChI=1S/C23H33F2N3O4/c1-22(2,3)32-21(31)27-8-6-23(7-9-27)12-28(13-23)14-10-16(24)19(17(25)11-14)15-4-5-18(29)26-20(15)30/h10-11,15,18,20,26,29-30H,4-9,12-13H2,1-3H3. The number of nitrogens with zero attached hydrogens (tertiary/aromatic N) is 2. The third kappa shape index (κ3) is 4.70. The topological polar surface area (TPSA) is 85.3 Å². The summed E-state index contributed by atoms with van der Waals surface area (Å²) in [6, 6.07) is 2.66. The molecule has 3 atom stereocenters. The Balaban J connectivity index is 1.37. The molecule has 3 fully saturated rings. The number of hydrogen-bond acceptors (Lipinski definition) is 6. The molecule has 1 amide bonds. The summed E-state index contributed by atoms with van der Waals surface area (Å²) >= 11 is 0. The fourth-order valence-electron chi connectivity index (χ4n) is 5.05. The maximum absolute atomic E-state index is 14.9. The third-order valence-corrected chi connectivity index (χ3v) is 6.82. The number of aliphatic hydroxyl groups excluding tert-OH is 2. The maximum Gasteiger partial charge on any atom is 0.410 e. The number of benzene rings is 1. The van der Waals surface area contributed by atoms with Crippen LogP contribution in [0, 0.1) is 17.0 Å². The molecule has 7 nitrogen and oxygen atoms in total. The lowest BCUT2D eigenvalue weighted by atomic mass is 9.71. The average Bonchev–Trinajstić information content (AvgIpc) is 2.66. The van der Waals surface area contributed by atoms with E-state index >= 15 is 0 Å². The minimum absolute atomic E-state index is 0.0454. The van der Waals surface area contributed by atoms with Crippen molar-refractivity contribution in [1.82, 2.24) is 10.2 Å². The van der Waals surface area contributed by atoms with Gasteiger partial charge in [-0.25, -0.2) is 13.6 Å². The Labute approximate surface area is 187 Å². The molecular formula is C23H33F2N3O4. The Morgan fingerprint density at radius 3 is 2.25 bits per heavy atom. The lowest BCUT2D eigenvalue weighted by Gasteiger charge is -2.55. The van der Waals surface area contributed by atoms with Crippen LogP contribution in [0.15, 0.2) is 12.1 Å². The Morgan fingerprint density at radius 1 is 1.12 bits per heavy atom. The number of rotatable bonds is 2. The van der Waals surface area contributed by atoms with E-state index in [1.54, 1.807) is 4.90 Å². The summed E-state index contributed by atoms with van der Waals surface area (Å²) in [5.41, 5.74) is -0.128. The van der Waals surface area contributed by atoms with Crippen molar-refractivity contribution in [3.05, 3.63) is 29.3 Å². The minimum Gasteiger partial charge on any atom is -0.444 e. The van der Waals surface area contributed by atoms with Gasteiger partial charge in [0.1, 0.15) is 29.7 Å². The molecule has 3 heterocycles. The van der Waals surface area contributed by atoms with Crippen LogP contribution in [-0.4, -0.2) is 65.4 Å². The van der Waals surface area contributed by atoms with Crippen LogP contribution in [0.4, 0.5) is 19.3 Å². The first-order valence-corrected chi connectivity index (χ1v) is 11.3. The summed E-state index contributed by atoms with van der Waals surface area (Å²) in [6.45, 7) is 8.14. The van der Waals surface area contributed by atoms with Gasteiger partial charge in [0.05, 0.1) is 0 Å². The maximum atomic E-state index is 14.9. The Kier molecular flexibility index (Phi) is 6.11. The van der Waals surface area contributed by atoms with Crippen molar-refractivity contribution in [2.24, 2.45) is 5.41 Å². The summed E-state index contributed by atoms with van der Waals surface area (Å²) in [5, 5.41) is 22.2. The third-order valence-electron chi connectivity index (χ3n) is 6.82. The molecule has 3 saturated heterocycles. The normalized spacial score (nSPS) is 27.9. The number of carbonyl (C=O) groups excluding carboxylic acids is 1. The smallest absolute Gasteiger partial charge is 0.410 e. The number of hydrogen-bond donors (Lipinski definition) is 3. The SMILES string of the molecule is CC(C)(C)OC(=O)N1CCC2(CC1)CN(c1cc(F)c(C3CCC(O)NC3O)c(F)c1)C2. The second-order valence-corrected chi connectivity index (χ2v) is 10.5. The molecule has 9 heteroatoms. The van der Waals surface area contributed by atoms with Crippen LogP contribution in [0.25, 0.3) is 0 Å². The molecule has 0 radical (unpaired) electrons. The first kappa shape index (κ1) is 23.2. The number of carbonyl (C=O) groups is 1. The Bertz CT molecular complexity index is 836. The lowest BCUT2D eigenvalue weighted by molar-refractivity contribution is -0.0116. The van der Waals surface area contributed by atoms with Gasteiger partial charge in [-0.3, -0.25) is 5.32 Å². The molecule has 0 bridgehead atoms. The van der Waals surface area contributed by atoms with Gasteiger partial charge in [-0.1, -0.05) is 0 Å². The second kappa shape index (κ2) is 8.43. The minimum atomic E-state index is -1.20. The van der Waals surface area contributed by atoms with Gasteiger partial charge in [0.15, 0.2) is 0 Å². The highest BCUT2D eigenvalue weighted by Crippen LogP contribution is 2.44. The molecule has 1 spiro atoms. The van der Waals surface area contributed by atoms with Crippen LogP contribution < -0.4 is 10.2 Å². The largest absolute Gasteiger partial charge is 0.444 e. The highest BCUT2D eigenvalue weighted by molar-refractivity contribution is 5.68. The zero-order valence-electron chi connectivity index (χ0n) is 18.9. The molecule has 4 rings (SSSR count). The van der Waals surface area contributed by atoms with Crippen molar-refractivity contribution in [1.29, 1.82) is 0 Å². The van der Waals surface area contributed by atoms with E-state index in [9.17, 15) is 23.8 Å². The molecule has 0 aliphatic carbocycles. The molecule has 32 heavy (non-hydrogen) atoms. The number of anilines is 1. The van der Waals surface area contributed by atoms with Gasteiger partial charge in [0, 0.05) is 48.8 Å². The highest BCUT2D eigenvalue weighted by Gasteiger charge is 2.46. The van der Waals surface area contributed by atoms with E-state index in [0.29, 0.717) is 44.7 Å². The molecule has 3 aliphatic rings. The van der Waals surface area contributed by atoms with E-state index in [-0.39, 0.29) is 17.1 Å². The summed E-state index contributed by atoms with van der Waals surface area (Å²) in [5.74, 6) is -2.10. The Hall–Kier alpha value is -1.97. The van der Waals surface area contributed by atoms with Crippen LogP contribution in [0.2, 0.25) is 0 Å². The summed E-state index contributed by atoms with van der Waals surface area (Å²) < 4.78 is 35.2. The van der Waals surface area contributed by atoms with Gasteiger partial charge >= 0.3 is 6.09 Å². The summed E-state index contributed by atoms with van der Waals surface area (Å²) in [4.78, 5) is 16.0. The van der Waals surface area contributed by atoms with Crippen LogP contribution in [-0.2, 0) is 4.74 Å². The first-order valence-electron chi connectivity index (χ1n) is 11.3. The summed E-state index contributed by atoms with van der Waals surface area (Å²) in [6.07, 6.45) is -0.0972. The average molecular weight is 454 g/mol. The number of nitrogens with one attached hydrogen (secondary N) is 1. The van der Waals surface area contributed by atoms with Crippen molar-refractivity contribution in [2.45, 2.75) is 70.4 Å². The molecule has 1 aromatic rings. The van der Waals surface area contributed by atoms with Gasteiger partial charge in [0.25, 0.3) is 0 Å². The molecule has 0 aromatic heterocycles. The molecule has 178 valence electrons. The Morgan fingerprint density at radius 2 is 1.72 bits per heavy atom. The molecule has 3 unspecified atom stereocenters. The van der Waals surface area contributed by atoms with Crippen LogP contribution in [0.1, 0.15) is 57.9 Å². The number of aliphatic hydroxyl groups is 2. The lowest BCUT2D eigenvalue weighted by Crippen LogP contribution is -2.61. The molecule has 3 N–H and O–H groups in total. The number of piperidine rings is 2. The van der Waals surface area contributed by atoms with Crippen molar-refractivity contribution in [3.8, 4) is 0 Å². The van der Waals surface area contributed by atoms with Crippen LogP contribution in [0.3, 0.4) is 0 Å². The van der Waals surface area contributed by atoms with Crippen LogP contribution >= 0.6 is 0 Å². The predicted octanol–water partition coefficient (Wildman–Crippen LogP) is 2.91. The van der Waals surface area contributed by atoms with Crippen molar-refractivity contribution in [2.75, 3.05) is 31.1 Å². The van der Waals surface area contributed by atoms with Gasteiger partial charge in [-0.2, -0.15) is 0 Å². The van der Waals surface area contributed by atoms with Gasteiger partial charge < -0.3 is 24.7 Å². The van der Waals surface area contributed by atoms with E-state index in [1.807, 2.05) is 25.7 Å². The molecule has 3 aliphatic heterocycles. The monoisotopic (exact) mass is 453 g/mol. The van der Waals surface area contributed by atoms with E-state index in [0.717, 1.165) is 12.8 Å². The predicted molar refractivity (Wildman–Crippen MR) is 115 cm³/mol. The molecule has 0 saturated carbocycles. The van der Waals surface area contributed by atoms with Gasteiger partial charge in [0.2, 0.25) is 0 Å². The highest BCUT2D eigenvalue weighted by atomic mass is 19.1. The van der Waals surface area contributed by atoms with Crippen molar-refractivity contribution < 1.29 is 28.5 Å². The molecule has 1 aromatic carbocycles. The van der Waals surface area contributed by atoms with E-state index < -0.39 is 35.6 Å². The number of halogens is 2. The van der Waals surface area contributed by atoms with E-state index in [1.165, 1.54) is 12.1 Å². The zero-order valence-corrected chi connectivity index (χ0v) is 18.9. The fraction of sp³-hybridized carbons (Fsp3) is 0.696. The van der Waals surface area contributed by atoms with Gasteiger partial charge in [-0.05, 0) is 58.6 Å². The first-order chi connectivity index (χ1) is 15.0. The number of ether oxygens (including phenoxy) is 1. The van der Waals surface area contributed by atoms with Crippen LogP contribution in [0.5, 0.6) is 0 Å².